The first kappa shape index (κ1) is 81.0. The fourth-order valence-corrected chi connectivity index (χ4v) is 10.1. The molecule has 522 valence electrons. The molecule has 0 spiro atoms. The van der Waals surface area contributed by atoms with Crippen molar-refractivity contribution in [2.75, 3.05) is 39.6 Å². The molecule has 3 aromatic carbocycles. The van der Waals surface area contributed by atoms with E-state index in [-0.39, 0.29) is 84.2 Å². The molecule has 0 amide bonds. The predicted molar refractivity (Wildman–Crippen MR) is 360 cm³/mol. The lowest BCUT2D eigenvalue weighted by molar-refractivity contribution is -0.150. The number of unbranched alkanes of at least 4 members (excludes halogenated alkanes) is 24. The fraction of sp³-hybridized carbons (Fsp3) is 0.730. The Labute approximate surface area is 551 Å². The minimum atomic E-state index is -1.13. The molecule has 18 heteroatoms. The molecule has 3 aromatic rings. The summed E-state index contributed by atoms with van der Waals surface area (Å²) in [5.74, 6) is -7.46. The predicted octanol–water partition coefficient (Wildman–Crippen LogP) is 17.7. The first-order valence-corrected chi connectivity index (χ1v) is 35.6. The van der Waals surface area contributed by atoms with E-state index in [1.54, 1.807) is 41.5 Å². The van der Waals surface area contributed by atoms with Crippen LogP contribution in [-0.4, -0.2) is 112 Å². The summed E-state index contributed by atoms with van der Waals surface area (Å²) in [5, 5.41) is 0.554. The minimum Gasteiger partial charge on any atom is -0.420 e. The zero-order chi connectivity index (χ0) is 67.5. The Morgan fingerprint density at radius 2 is 0.435 bits per heavy atom. The average molecular weight is 1300 g/mol. The Bertz CT molecular complexity index is 2420. The lowest BCUT2D eigenvalue weighted by atomic mass is 9.98. The van der Waals surface area contributed by atoms with E-state index < -0.39 is 83.9 Å². The Hall–Kier alpha value is -5.24. The van der Waals surface area contributed by atoms with E-state index in [4.69, 9.17) is 56.8 Å². The highest BCUT2D eigenvalue weighted by Crippen LogP contribution is 2.51. The van der Waals surface area contributed by atoms with Crippen LogP contribution in [0, 0.1) is 0 Å². The molecule has 0 N–H and O–H groups in total. The smallest absolute Gasteiger partial charge is 0.340 e. The van der Waals surface area contributed by atoms with Gasteiger partial charge in [-0.2, -0.15) is 0 Å². The fourth-order valence-electron chi connectivity index (χ4n) is 10.1. The topological polar surface area (TPSA) is 213 Å². The van der Waals surface area contributed by atoms with Crippen molar-refractivity contribution >= 4 is 57.4 Å². The summed E-state index contributed by atoms with van der Waals surface area (Å²) < 4.78 is 73.7. The first-order chi connectivity index (χ1) is 44.5. The molecule has 3 rings (SSSR count). The van der Waals surface area contributed by atoms with Gasteiger partial charge in [-0.25, -0.2) is 28.8 Å². The summed E-state index contributed by atoms with van der Waals surface area (Å²) in [6.45, 7) is 23.7. The van der Waals surface area contributed by atoms with Gasteiger partial charge in [0, 0.05) is 50.4 Å². The van der Waals surface area contributed by atoms with Crippen molar-refractivity contribution in [2.24, 2.45) is 0 Å². The van der Waals surface area contributed by atoms with Gasteiger partial charge in [0.05, 0.1) is 0 Å². The molecule has 0 heterocycles. The van der Waals surface area contributed by atoms with Gasteiger partial charge >= 0.3 is 35.8 Å². The lowest BCUT2D eigenvalue weighted by Crippen LogP contribution is -2.30. The maximum atomic E-state index is 14.5. The number of esters is 6. The number of benzene rings is 3. The highest BCUT2D eigenvalue weighted by atomic mass is 16.6. The second-order valence-corrected chi connectivity index (χ2v) is 24.4. The summed E-state index contributed by atoms with van der Waals surface area (Å²) >= 11 is 0. The maximum absolute atomic E-state index is 14.5. The number of carbonyl (C=O) groups is 6. The second kappa shape index (κ2) is 48.5. The number of ether oxygens (including phenoxy) is 12. The van der Waals surface area contributed by atoms with Gasteiger partial charge in [0.1, 0.15) is 0 Å². The largest absolute Gasteiger partial charge is 0.420 e. The van der Waals surface area contributed by atoms with Gasteiger partial charge in [0.15, 0.2) is 59.6 Å². The van der Waals surface area contributed by atoms with Crippen molar-refractivity contribution in [3.8, 4) is 34.5 Å². The summed E-state index contributed by atoms with van der Waals surface area (Å²) in [5.41, 5.74) is 0. The lowest BCUT2D eigenvalue weighted by Gasteiger charge is -2.23. The number of hydrogen-bond donors (Lipinski definition) is 0. The summed E-state index contributed by atoms with van der Waals surface area (Å²) in [7, 11) is 0. The van der Waals surface area contributed by atoms with Crippen LogP contribution in [-0.2, 0) is 57.2 Å². The Kier molecular flexibility index (Phi) is 42.7. The standard InChI is InChI=1S/C74H118O18/c1-13-19-25-31-37-45-81-53(7)69(75)87-63-51-61-59(65(89-71(77)55(9)83-47-39-33-27-21-15-3)67(63)91-73(79)57(11)85-49-41-35-29-23-17-5)43-44-60-62(61)52-64(88-70(76)54(8)82-46-38-32-26-20-14-2)68(92-74(80)58(12)86-50-42-36-30-24-18-6)66(60)90-72(78)56(10)84-48-40-34-28-22-16-4/h43-44,51-58H,13-42,45-50H2,1-12H3/t53-,54-,55-,56-,57-,58-/m0/s1. The molecule has 0 unspecified atom stereocenters. The molecular weight excluding hydrogens is 1180 g/mol. The molecular formula is C74H118O18. The van der Waals surface area contributed by atoms with Gasteiger partial charge in [0.25, 0.3) is 0 Å². The van der Waals surface area contributed by atoms with Crippen molar-refractivity contribution in [3.63, 3.8) is 0 Å². The molecule has 0 aliphatic heterocycles. The molecule has 0 aromatic heterocycles. The Balaban J connectivity index is 2.51. The third-order valence-electron chi connectivity index (χ3n) is 16.1. The van der Waals surface area contributed by atoms with Gasteiger partial charge < -0.3 is 56.8 Å². The molecule has 92 heavy (non-hydrogen) atoms. The minimum absolute atomic E-state index is 0.126. The van der Waals surface area contributed by atoms with Crippen LogP contribution in [0.1, 0.15) is 276 Å². The normalized spacial score (nSPS) is 13.5. The Morgan fingerprint density at radius 1 is 0.250 bits per heavy atom. The molecule has 0 aliphatic carbocycles. The second-order valence-electron chi connectivity index (χ2n) is 24.4. The quantitative estimate of drug-likeness (QED) is 0.0222. The number of hydrogen-bond acceptors (Lipinski definition) is 18. The highest BCUT2D eigenvalue weighted by Gasteiger charge is 2.34. The van der Waals surface area contributed by atoms with Gasteiger partial charge in [0.2, 0.25) is 11.5 Å². The van der Waals surface area contributed by atoms with E-state index in [9.17, 15) is 28.8 Å². The molecule has 0 saturated carbocycles. The van der Waals surface area contributed by atoms with Crippen LogP contribution in [0.15, 0.2) is 24.3 Å². The molecule has 0 bridgehead atoms. The SMILES string of the molecule is CCCCCCCO[C@@H](C)C(=O)Oc1cc2c(ccc3c(OC(=O)[C@H](C)OCCCCCCC)c(OC(=O)[C@H](C)OCCCCCCC)c(OC(=O)[C@H](C)OCCCCCCC)cc32)c(OC(=O)[C@H](C)OCCCCCCC)c1OC(=O)[C@H](C)OCCCCCCC. The van der Waals surface area contributed by atoms with E-state index in [1.807, 2.05) is 0 Å². The summed E-state index contributed by atoms with van der Waals surface area (Å²) in [6.07, 6.45) is 21.8. The van der Waals surface area contributed by atoms with E-state index in [0.29, 0.717) is 38.5 Å². The van der Waals surface area contributed by atoms with Crippen LogP contribution >= 0.6 is 0 Å². The van der Waals surface area contributed by atoms with Crippen LogP contribution < -0.4 is 28.4 Å². The Morgan fingerprint density at radius 3 is 0.641 bits per heavy atom. The monoisotopic (exact) mass is 1290 g/mol. The van der Waals surface area contributed by atoms with Crippen molar-refractivity contribution in [1.29, 1.82) is 0 Å². The van der Waals surface area contributed by atoms with Gasteiger partial charge in [-0.05, 0) is 115 Å². The third kappa shape index (κ3) is 30.4. The van der Waals surface area contributed by atoms with E-state index in [2.05, 4.69) is 41.5 Å². The van der Waals surface area contributed by atoms with Crippen molar-refractivity contribution in [3.05, 3.63) is 24.3 Å². The number of rotatable bonds is 54. The van der Waals surface area contributed by atoms with Crippen LogP contribution in [0.4, 0.5) is 0 Å². The molecule has 0 saturated heterocycles. The first-order valence-electron chi connectivity index (χ1n) is 35.6. The van der Waals surface area contributed by atoms with Crippen LogP contribution in [0.5, 0.6) is 34.5 Å². The number of fused-ring (bicyclic) bond motifs is 3. The third-order valence-corrected chi connectivity index (χ3v) is 16.1. The maximum Gasteiger partial charge on any atom is 0.340 e. The van der Waals surface area contributed by atoms with Crippen LogP contribution in [0.2, 0.25) is 0 Å². The van der Waals surface area contributed by atoms with E-state index in [0.717, 1.165) is 154 Å². The summed E-state index contributed by atoms with van der Waals surface area (Å²) in [6, 6.07) is 5.90. The van der Waals surface area contributed by atoms with Crippen LogP contribution in [0.3, 0.4) is 0 Å². The van der Waals surface area contributed by atoms with Crippen LogP contribution in [0.25, 0.3) is 21.5 Å². The van der Waals surface area contributed by atoms with Crippen molar-refractivity contribution in [1.82, 2.24) is 0 Å². The molecule has 18 nitrogen and oxygen atoms in total. The summed E-state index contributed by atoms with van der Waals surface area (Å²) in [4.78, 5) is 86.6. The molecule has 0 radical (unpaired) electrons. The highest BCUT2D eigenvalue weighted by molar-refractivity contribution is 6.15. The number of carbonyl (C=O) groups excluding carboxylic acids is 6. The average Bonchev–Trinajstić information content (AvgIpc) is 0.739. The van der Waals surface area contributed by atoms with Crippen molar-refractivity contribution in [2.45, 2.75) is 312 Å². The molecule has 0 aliphatic rings. The van der Waals surface area contributed by atoms with Gasteiger partial charge in [-0.1, -0.05) is 196 Å². The zero-order valence-corrected chi connectivity index (χ0v) is 58.6. The molecule has 6 atom stereocenters. The van der Waals surface area contributed by atoms with Gasteiger partial charge in [-0.3, -0.25) is 0 Å². The van der Waals surface area contributed by atoms with Gasteiger partial charge in [-0.15, -0.1) is 0 Å². The van der Waals surface area contributed by atoms with E-state index >= 15 is 0 Å². The zero-order valence-electron chi connectivity index (χ0n) is 58.6. The van der Waals surface area contributed by atoms with E-state index in [1.165, 1.54) is 24.3 Å². The molecule has 0 fully saturated rings. The van der Waals surface area contributed by atoms with Crippen molar-refractivity contribution < 1.29 is 85.6 Å².